The van der Waals surface area contributed by atoms with Crippen LogP contribution >= 0.6 is 34.8 Å². The maximum absolute atomic E-state index is 10.4. The minimum Gasteiger partial charge on any atom is -0.506 e. The second-order valence-electron chi connectivity index (χ2n) is 8.58. The normalized spacial score (nSPS) is 11.7. The molecule has 0 bridgehead atoms. The van der Waals surface area contributed by atoms with Gasteiger partial charge in [-0.2, -0.15) is 0 Å². The third-order valence-electron chi connectivity index (χ3n) is 5.59. The van der Waals surface area contributed by atoms with Crippen molar-refractivity contribution in [3.8, 4) is 23.0 Å². The Balaban J connectivity index is 1.55. The summed E-state index contributed by atoms with van der Waals surface area (Å²) in [4.78, 5) is 0. The van der Waals surface area contributed by atoms with Crippen LogP contribution in [0.25, 0.3) is 0 Å². The molecular formula is C28H33Cl3N2O4. The average Bonchev–Trinajstić information content (AvgIpc) is 2.87. The Hall–Kier alpha value is -2.51. The van der Waals surface area contributed by atoms with Gasteiger partial charge in [-0.1, -0.05) is 79.2 Å². The van der Waals surface area contributed by atoms with Crippen LogP contribution < -0.4 is 24.8 Å². The third-order valence-corrected chi connectivity index (χ3v) is 6.50. The standard InChI is InChI=1S/C28H33Cl3N2O4/c1-3-4-5-6-11-28(37-26-13-12-19(2)14-21(26)30)33-18-36-27-16-24(34)23(15-22(27)31)32-17-35-25-10-8-7-9-20(25)29/h7-10,12-16,28,32-34H,3-6,11,17-18H2,1-2H3. The molecule has 0 fully saturated rings. The topological polar surface area (TPSA) is 72.0 Å². The summed E-state index contributed by atoms with van der Waals surface area (Å²) in [6.07, 6.45) is 4.95. The van der Waals surface area contributed by atoms with Crippen molar-refractivity contribution in [3.05, 3.63) is 75.2 Å². The molecule has 0 aromatic heterocycles. The van der Waals surface area contributed by atoms with E-state index in [-0.39, 0.29) is 25.4 Å². The smallest absolute Gasteiger partial charge is 0.159 e. The Kier molecular flexibility index (Phi) is 11.8. The van der Waals surface area contributed by atoms with Crippen molar-refractivity contribution >= 4 is 40.5 Å². The summed E-state index contributed by atoms with van der Waals surface area (Å²) in [5.74, 6) is 1.46. The van der Waals surface area contributed by atoms with Crippen LogP contribution in [-0.2, 0) is 0 Å². The number of hydrogen-bond acceptors (Lipinski definition) is 6. The summed E-state index contributed by atoms with van der Waals surface area (Å²) in [5, 5.41) is 18.1. The second kappa shape index (κ2) is 15.0. The van der Waals surface area contributed by atoms with Crippen LogP contribution in [0.3, 0.4) is 0 Å². The number of anilines is 1. The van der Waals surface area contributed by atoms with E-state index < -0.39 is 0 Å². The number of halogens is 3. The second-order valence-corrected chi connectivity index (χ2v) is 9.80. The number of para-hydroxylation sites is 1. The van der Waals surface area contributed by atoms with Crippen LogP contribution in [0.1, 0.15) is 44.6 Å². The SMILES string of the molecule is CCCCCCC(NCOc1cc(O)c(NCOc2ccccc2Cl)cc1Cl)Oc1ccc(C)cc1Cl. The monoisotopic (exact) mass is 566 g/mol. The lowest BCUT2D eigenvalue weighted by Crippen LogP contribution is -2.37. The number of ether oxygens (including phenoxy) is 3. The number of unbranched alkanes of at least 4 members (excludes halogenated alkanes) is 3. The molecule has 0 aliphatic carbocycles. The highest BCUT2D eigenvalue weighted by atomic mass is 35.5. The maximum atomic E-state index is 10.4. The lowest BCUT2D eigenvalue weighted by molar-refractivity contribution is 0.116. The summed E-state index contributed by atoms with van der Waals surface area (Å²) in [6.45, 7) is 4.38. The molecule has 0 saturated heterocycles. The molecule has 9 heteroatoms. The van der Waals surface area contributed by atoms with Gasteiger partial charge in [0, 0.05) is 6.07 Å². The molecule has 37 heavy (non-hydrogen) atoms. The van der Waals surface area contributed by atoms with E-state index in [1.807, 2.05) is 37.3 Å². The Bertz CT molecular complexity index is 1150. The molecule has 200 valence electrons. The zero-order chi connectivity index (χ0) is 26.6. The van der Waals surface area contributed by atoms with Gasteiger partial charge in [0.1, 0.15) is 29.7 Å². The number of aryl methyl sites for hydroxylation is 1. The number of aromatic hydroxyl groups is 1. The number of rotatable bonds is 15. The third kappa shape index (κ3) is 9.38. The molecule has 0 amide bonds. The van der Waals surface area contributed by atoms with Crippen molar-refractivity contribution in [2.75, 3.05) is 18.8 Å². The summed E-state index contributed by atoms with van der Waals surface area (Å²) in [6, 6.07) is 15.9. The molecular weight excluding hydrogens is 535 g/mol. The van der Waals surface area contributed by atoms with Crippen molar-refractivity contribution in [3.63, 3.8) is 0 Å². The van der Waals surface area contributed by atoms with Gasteiger partial charge in [-0.05, 0) is 55.7 Å². The minimum atomic E-state index is -0.299. The van der Waals surface area contributed by atoms with E-state index in [2.05, 4.69) is 17.6 Å². The lowest BCUT2D eigenvalue weighted by atomic mass is 10.1. The first-order valence-corrected chi connectivity index (χ1v) is 13.4. The highest BCUT2D eigenvalue weighted by Gasteiger charge is 2.14. The molecule has 6 nitrogen and oxygen atoms in total. The predicted molar refractivity (Wildman–Crippen MR) is 152 cm³/mol. The zero-order valence-electron chi connectivity index (χ0n) is 21.0. The summed E-state index contributed by atoms with van der Waals surface area (Å²) in [5.41, 5.74) is 1.47. The van der Waals surface area contributed by atoms with Crippen LogP contribution in [0, 0.1) is 6.92 Å². The zero-order valence-corrected chi connectivity index (χ0v) is 23.3. The van der Waals surface area contributed by atoms with Gasteiger partial charge in [-0.15, -0.1) is 0 Å². The van der Waals surface area contributed by atoms with Gasteiger partial charge in [0.05, 0.1) is 20.8 Å². The van der Waals surface area contributed by atoms with Gasteiger partial charge in [-0.25, -0.2) is 5.32 Å². The Morgan fingerprint density at radius 1 is 0.811 bits per heavy atom. The van der Waals surface area contributed by atoms with Crippen LogP contribution in [0.2, 0.25) is 15.1 Å². The van der Waals surface area contributed by atoms with Gasteiger partial charge in [0.25, 0.3) is 0 Å². The van der Waals surface area contributed by atoms with Gasteiger partial charge in [0.2, 0.25) is 0 Å². The Morgan fingerprint density at radius 2 is 1.57 bits per heavy atom. The van der Waals surface area contributed by atoms with Crippen LogP contribution in [0.4, 0.5) is 5.69 Å². The fourth-order valence-corrected chi connectivity index (χ4v) is 4.26. The predicted octanol–water partition coefficient (Wildman–Crippen LogP) is 8.41. The largest absolute Gasteiger partial charge is 0.506 e. The Morgan fingerprint density at radius 3 is 2.32 bits per heavy atom. The summed E-state index contributed by atoms with van der Waals surface area (Å²) < 4.78 is 17.6. The van der Waals surface area contributed by atoms with E-state index in [1.54, 1.807) is 18.2 Å². The molecule has 0 radical (unpaired) electrons. The van der Waals surface area contributed by atoms with Crippen molar-refractivity contribution in [2.24, 2.45) is 0 Å². The lowest BCUT2D eigenvalue weighted by Gasteiger charge is -2.22. The quantitative estimate of drug-likeness (QED) is 0.0973. The van der Waals surface area contributed by atoms with Crippen LogP contribution in [0.15, 0.2) is 54.6 Å². The highest BCUT2D eigenvalue weighted by molar-refractivity contribution is 6.32. The fraction of sp³-hybridized carbons (Fsp3) is 0.357. The first kappa shape index (κ1) is 29.1. The number of phenols is 1. The first-order valence-electron chi connectivity index (χ1n) is 12.3. The minimum absolute atomic E-state index is 0.0269. The van der Waals surface area contributed by atoms with Crippen molar-refractivity contribution in [1.82, 2.24) is 5.32 Å². The molecule has 3 rings (SSSR count). The molecule has 0 saturated carbocycles. The highest BCUT2D eigenvalue weighted by Crippen LogP contribution is 2.35. The van der Waals surface area contributed by atoms with E-state index in [0.29, 0.717) is 38.0 Å². The molecule has 3 aromatic rings. The maximum Gasteiger partial charge on any atom is 0.159 e. The van der Waals surface area contributed by atoms with Gasteiger partial charge in [-0.3, -0.25) is 0 Å². The van der Waals surface area contributed by atoms with Crippen LogP contribution in [-0.4, -0.2) is 24.8 Å². The molecule has 0 aliphatic heterocycles. The summed E-state index contributed by atoms with van der Waals surface area (Å²) in [7, 11) is 0. The number of phenolic OH excluding ortho intramolecular Hbond substituents is 1. The van der Waals surface area contributed by atoms with E-state index in [4.69, 9.17) is 49.0 Å². The Labute approximate surface area is 233 Å². The van der Waals surface area contributed by atoms with E-state index >= 15 is 0 Å². The van der Waals surface area contributed by atoms with Gasteiger partial charge < -0.3 is 24.6 Å². The molecule has 3 aromatic carbocycles. The number of nitrogens with one attached hydrogen (secondary N) is 2. The van der Waals surface area contributed by atoms with Crippen molar-refractivity contribution in [1.29, 1.82) is 0 Å². The van der Waals surface area contributed by atoms with E-state index in [9.17, 15) is 5.11 Å². The molecule has 3 N–H and O–H groups in total. The van der Waals surface area contributed by atoms with Crippen LogP contribution in [0.5, 0.6) is 23.0 Å². The van der Waals surface area contributed by atoms with Gasteiger partial charge in [0.15, 0.2) is 13.0 Å². The van der Waals surface area contributed by atoms with E-state index in [1.165, 1.54) is 12.5 Å². The molecule has 0 heterocycles. The summed E-state index contributed by atoms with van der Waals surface area (Å²) >= 11 is 18.9. The molecule has 1 atom stereocenters. The van der Waals surface area contributed by atoms with E-state index in [0.717, 1.165) is 31.2 Å². The van der Waals surface area contributed by atoms with Crippen molar-refractivity contribution < 1.29 is 19.3 Å². The average molecular weight is 568 g/mol. The number of benzene rings is 3. The number of hydrogen-bond donors (Lipinski definition) is 3. The molecule has 1 unspecified atom stereocenters. The fourth-order valence-electron chi connectivity index (χ4n) is 3.57. The van der Waals surface area contributed by atoms with Crippen molar-refractivity contribution in [2.45, 2.75) is 52.2 Å². The molecule has 0 aliphatic rings. The van der Waals surface area contributed by atoms with Gasteiger partial charge >= 0.3 is 0 Å². The first-order chi connectivity index (χ1) is 17.9. The molecule has 0 spiro atoms.